The van der Waals surface area contributed by atoms with Gasteiger partial charge in [-0.25, -0.2) is 0 Å². The van der Waals surface area contributed by atoms with E-state index >= 15 is 0 Å². The van der Waals surface area contributed by atoms with Crippen molar-refractivity contribution >= 4 is 11.8 Å². The van der Waals surface area contributed by atoms with Crippen LogP contribution in [0.25, 0.3) is 0 Å². The SMILES string of the molecule is CO[C@H]1CC(=O)NCCO[C@@H](OC)CC(=O)NCCO1. The molecule has 8 nitrogen and oxygen atoms in total. The second-order valence-electron chi connectivity index (χ2n) is 4.18. The van der Waals surface area contributed by atoms with Crippen molar-refractivity contribution in [3.05, 3.63) is 0 Å². The third-order valence-electron chi connectivity index (χ3n) is 2.69. The van der Waals surface area contributed by atoms with Crippen LogP contribution in [0.3, 0.4) is 0 Å². The van der Waals surface area contributed by atoms with Gasteiger partial charge in [0.05, 0.1) is 26.1 Å². The summed E-state index contributed by atoms with van der Waals surface area (Å²) in [5.74, 6) is -0.369. The number of carbonyl (C=O) groups is 2. The Morgan fingerprint density at radius 1 is 0.900 bits per heavy atom. The predicted octanol–water partition coefficient (Wildman–Crippen LogP) is -1.01. The topological polar surface area (TPSA) is 95.1 Å². The summed E-state index contributed by atoms with van der Waals surface area (Å²) in [6, 6.07) is 0. The first-order valence-electron chi connectivity index (χ1n) is 6.48. The summed E-state index contributed by atoms with van der Waals surface area (Å²) >= 11 is 0. The molecule has 0 aliphatic carbocycles. The van der Waals surface area contributed by atoms with Gasteiger partial charge in [-0.1, -0.05) is 0 Å². The molecule has 0 aromatic heterocycles. The third kappa shape index (κ3) is 6.80. The molecular weight excluding hydrogens is 268 g/mol. The van der Waals surface area contributed by atoms with Crippen molar-refractivity contribution in [2.75, 3.05) is 40.5 Å². The Bertz CT molecular complexity index is 282. The molecule has 116 valence electrons. The van der Waals surface area contributed by atoms with Crippen LogP contribution in [0.5, 0.6) is 0 Å². The fourth-order valence-corrected chi connectivity index (χ4v) is 1.63. The molecule has 2 atom stereocenters. The van der Waals surface area contributed by atoms with E-state index in [-0.39, 0.29) is 37.9 Å². The van der Waals surface area contributed by atoms with E-state index < -0.39 is 12.6 Å². The van der Waals surface area contributed by atoms with Gasteiger partial charge in [-0.3, -0.25) is 9.59 Å². The van der Waals surface area contributed by atoms with Crippen LogP contribution < -0.4 is 10.6 Å². The van der Waals surface area contributed by atoms with Gasteiger partial charge in [-0.2, -0.15) is 0 Å². The molecule has 1 rings (SSSR count). The molecule has 1 fully saturated rings. The molecule has 0 bridgehead atoms. The van der Waals surface area contributed by atoms with Gasteiger partial charge in [0.2, 0.25) is 11.8 Å². The van der Waals surface area contributed by atoms with Gasteiger partial charge in [-0.15, -0.1) is 0 Å². The summed E-state index contributed by atoms with van der Waals surface area (Å²) in [4.78, 5) is 23.2. The number of nitrogens with one attached hydrogen (secondary N) is 2. The molecule has 1 heterocycles. The molecule has 2 amide bonds. The molecule has 0 spiro atoms. The normalized spacial score (nSPS) is 27.3. The lowest BCUT2D eigenvalue weighted by Gasteiger charge is -2.19. The Morgan fingerprint density at radius 2 is 1.30 bits per heavy atom. The quantitative estimate of drug-likeness (QED) is 0.677. The Morgan fingerprint density at radius 3 is 1.65 bits per heavy atom. The van der Waals surface area contributed by atoms with Crippen molar-refractivity contribution in [2.45, 2.75) is 25.4 Å². The van der Waals surface area contributed by atoms with Crippen LogP contribution in [0.15, 0.2) is 0 Å². The predicted molar refractivity (Wildman–Crippen MR) is 68.8 cm³/mol. The molecule has 0 aromatic carbocycles. The summed E-state index contributed by atoms with van der Waals surface area (Å²) < 4.78 is 20.8. The molecule has 0 unspecified atom stereocenters. The van der Waals surface area contributed by atoms with E-state index in [4.69, 9.17) is 18.9 Å². The average Bonchev–Trinajstić information content (AvgIpc) is 2.44. The summed E-state index contributed by atoms with van der Waals surface area (Å²) in [7, 11) is 2.93. The first-order valence-corrected chi connectivity index (χ1v) is 6.48. The van der Waals surface area contributed by atoms with Crippen LogP contribution in [0.4, 0.5) is 0 Å². The molecule has 1 aliphatic rings. The monoisotopic (exact) mass is 290 g/mol. The highest BCUT2D eigenvalue weighted by Gasteiger charge is 2.16. The number of hydrogen-bond acceptors (Lipinski definition) is 6. The van der Waals surface area contributed by atoms with Crippen molar-refractivity contribution in [3.63, 3.8) is 0 Å². The van der Waals surface area contributed by atoms with Gasteiger partial charge in [-0.05, 0) is 0 Å². The van der Waals surface area contributed by atoms with E-state index in [1.54, 1.807) is 0 Å². The molecule has 0 aromatic rings. The summed E-state index contributed by atoms with van der Waals surface area (Å²) in [5.41, 5.74) is 0. The lowest BCUT2D eigenvalue weighted by atomic mass is 10.3. The van der Waals surface area contributed by atoms with Crippen molar-refractivity contribution in [1.82, 2.24) is 10.6 Å². The fourth-order valence-electron chi connectivity index (χ4n) is 1.63. The highest BCUT2D eigenvalue weighted by Crippen LogP contribution is 2.02. The lowest BCUT2D eigenvalue weighted by molar-refractivity contribution is -0.155. The fraction of sp³-hybridized carbons (Fsp3) is 0.833. The molecule has 1 aliphatic heterocycles. The van der Waals surface area contributed by atoms with Crippen molar-refractivity contribution < 1.29 is 28.5 Å². The Balaban J connectivity index is 2.50. The molecule has 8 heteroatoms. The summed E-state index contributed by atoms with van der Waals surface area (Å²) in [6.07, 6.45) is -1.05. The maximum atomic E-state index is 11.6. The van der Waals surface area contributed by atoms with E-state index in [0.717, 1.165) is 0 Å². The smallest absolute Gasteiger partial charge is 0.225 e. The van der Waals surface area contributed by atoms with Crippen LogP contribution in [0.1, 0.15) is 12.8 Å². The zero-order valence-electron chi connectivity index (χ0n) is 11.8. The van der Waals surface area contributed by atoms with Gasteiger partial charge in [0.15, 0.2) is 12.6 Å². The van der Waals surface area contributed by atoms with E-state index in [2.05, 4.69) is 10.6 Å². The van der Waals surface area contributed by atoms with E-state index in [1.807, 2.05) is 0 Å². The van der Waals surface area contributed by atoms with Gasteiger partial charge in [0.25, 0.3) is 0 Å². The van der Waals surface area contributed by atoms with E-state index in [1.165, 1.54) is 14.2 Å². The standard InChI is InChI=1S/C12H22N2O6/c1-17-11-7-9(15)13-4-6-20-12(18-2)8-10(16)14-3-5-19-11/h11-12H,3-8H2,1-2H3,(H,13,15)(H,14,16)/t11-,12-/m1/s1. The average molecular weight is 290 g/mol. The number of carbonyl (C=O) groups excluding carboxylic acids is 2. The summed E-state index contributed by atoms with van der Waals surface area (Å²) in [5, 5.41) is 5.35. The molecule has 0 saturated carbocycles. The minimum absolute atomic E-state index is 0.0954. The van der Waals surface area contributed by atoms with Crippen molar-refractivity contribution in [3.8, 4) is 0 Å². The molecular formula is C12H22N2O6. The third-order valence-corrected chi connectivity index (χ3v) is 2.69. The second kappa shape index (κ2) is 9.65. The zero-order valence-corrected chi connectivity index (χ0v) is 11.8. The number of ether oxygens (including phenoxy) is 4. The van der Waals surface area contributed by atoms with E-state index in [9.17, 15) is 9.59 Å². The van der Waals surface area contributed by atoms with Gasteiger partial charge in [0.1, 0.15) is 0 Å². The zero-order chi connectivity index (χ0) is 14.8. The minimum atomic E-state index is -0.623. The van der Waals surface area contributed by atoms with Crippen LogP contribution in [-0.2, 0) is 28.5 Å². The maximum absolute atomic E-state index is 11.6. The van der Waals surface area contributed by atoms with Crippen LogP contribution in [0, 0.1) is 0 Å². The summed E-state index contributed by atoms with van der Waals surface area (Å²) in [6.45, 7) is 1.18. The number of amides is 2. The van der Waals surface area contributed by atoms with Crippen molar-refractivity contribution in [2.24, 2.45) is 0 Å². The van der Waals surface area contributed by atoms with Gasteiger partial charge >= 0.3 is 0 Å². The first-order chi connectivity index (χ1) is 9.65. The first kappa shape index (κ1) is 16.8. The second-order valence-corrected chi connectivity index (χ2v) is 4.18. The minimum Gasteiger partial charge on any atom is -0.355 e. The number of hydrogen-bond donors (Lipinski definition) is 2. The highest BCUT2D eigenvalue weighted by molar-refractivity contribution is 5.76. The Kier molecular flexibility index (Phi) is 8.12. The van der Waals surface area contributed by atoms with Gasteiger partial charge in [0, 0.05) is 27.3 Å². The van der Waals surface area contributed by atoms with Gasteiger partial charge < -0.3 is 29.6 Å². The largest absolute Gasteiger partial charge is 0.355 e. The maximum Gasteiger partial charge on any atom is 0.225 e. The number of rotatable bonds is 2. The lowest BCUT2D eigenvalue weighted by Crippen LogP contribution is -2.37. The van der Waals surface area contributed by atoms with Crippen LogP contribution >= 0.6 is 0 Å². The Labute approximate surface area is 118 Å². The van der Waals surface area contributed by atoms with E-state index in [0.29, 0.717) is 13.1 Å². The molecule has 20 heavy (non-hydrogen) atoms. The van der Waals surface area contributed by atoms with Crippen LogP contribution in [0.2, 0.25) is 0 Å². The number of methoxy groups -OCH3 is 2. The molecule has 2 N–H and O–H groups in total. The van der Waals surface area contributed by atoms with Crippen LogP contribution in [-0.4, -0.2) is 64.9 Å². The Hall–Kier alpha value is -1.22. The molecule has 0 radical (unpaired) electrons. The highest BCUT2D eigenvalue weighted by atomic mass is 16.7. The van der Waals surface area contributed by atoms with Crippen molar-refractivity contribution in [1.29, 1.82) is 0 Å². The molecule has 1 saturated heterocycles.